The van der Waals surface area contributed by atoms with Gasteiger partial charge in [-0.2, -0.15) is 0 Å². The lowest BCUT2D eigenvalue weighted by Gasteiger charge is -2.33. The van der Waals surface area contributed by atoms with E-state index >= 15 is 0 Å². The van der Waals surface area contributed by atoms with E-state index < -0.39 is 5.60 Å². The molecule has 0 spiro atoms. The van der Waals surface area contributed by atoms with E-state index in [0.717, 1.165) is 30.6 Å². The van der Waals surface area contributed by atoms with Crippen molar-refractivity contribution in [2.45, 2.75) is 51.7 Å². The van der Waals surface area contributed by atoms with Gasteiger partial charge in [0.25, 0.3) is 0 Å². The summed E-state index contributed by atoms with van der Waals surface area (Å²) in [7, 11) is 0. The summed E-state index contributed by atoms with van der Waals surface area (Å²) < 4.78 is 5.48. The van der Waals surface area contributed by atoms with E-state index in [0.29, 0.717) is 19.7 Å². The number of aliphatic hydroxyl groups is 1. The minimum Gasteiger partial charge on any atom is -0.494 e. The predicted molar refractivity (Wildman–Crippen MR) is 90.7 cm³/mol. The third kappa shape index (κ3) is 4.86. The minimum absolute atomic E-state index is 0.0874. The number of hydrogen-bond donors (Lipinski definition) is 2. The number of benzene rings is 1. The number of amides is 2. The molecule has 1 aliphatic rings. The van der Waals surface area contributed by atoms with Crippen molar-refractivity contribution in [3.8, 4) is 5.75 Å². The van der Waals surface area contributed by atoms with Gasteiger partial charge in [0.15, 0.2) is 0 Å². The van der Waals surface area contributed by atoms with Gasteiger partial charge in [0, 0.05) is 13.1 Å². The minimum atomic E-state index is -0.861. The molecule has 5 nitrogen and oxygen atoms in total. The van der Waals surface area contributed by atoms with Crippen LogP contribution in [0.1, 0.15) is 39.2 Å². The van der Waals surface area contributed by atoms with E-state index in [1.807, 2.05) is 31.2 Å². The Bertz CT molecular complexity index is 525. The van der Waals surface area contributed by atoms with Gasteiger partial charge < -0.3 is 20.1 Å². The number of urea groups is 1. The summed E-state index contributed by atoms with van der Waals surface area (Å²) in [4.78, 5) is 14.1. The highest BCUT2D eigenvalue weighted by molar-refractivity contribution is 5.75. The fraction of sp³-hybridized carbons (Fsp3) is 0.611. The van der Waals surface area contributed by atoms with Crippen LogP contribution in [0.2, 0.25) is 0 Å². The van der Waals surface area contributed by atoms with E-state index in [4.69, 9.17) is 4.74 Å². The molecule has 5 heteroatoms. The molecule has 1 aromatic rings. The predicted octanol–water partition coefficient (Wildman–Crippen LogP) is 2.57. The maximum Gasteiger partial charge on any atom is 0.317 e. The van der Waals surface area contributed by atoms with E-state index in [1.165, 1.54) is 0 Å². The highest BCUT2D eigenvalue weighted by Gasteiger charge is 2.38. The Morgan fingerprint density at radius 2 is 2.26 bits per heavy atom. The average molecular weight is 320 g/mol. The molecule has 23 heavy (non-hydrogen) atoms. The van der Waals surface area contributed by atoms with Crippen molar-refractivity contribution in [2.24, 2.45) is 0 Å². The number of carbonyl (C=O) groups excluding carboxylic acids is 1. The molecule has 128 valence electrons. The fourth-order valence-electron chi connectivity index (χ4n) is 3.12. The molecule has 0 saturated carbocycles. The zero-order chi connectivity index (χ0) is 16.9. The van der Waals surface area contributed by atoms with Crippen LogP contribution >= 0.6 is 0 Å². The second-order valence-electron chi connectivity index (χ2n) is 6.57. The first-order chi connectivity index (χ1) is 10.9. The lowest BCUT2D eigenvalue weighted by atomic mass is 9.97. The Balaban J connectivity index is 1.84. The lowest BCUT2D eigenvalue weighted by molar-refractivity contribution is 0.00986. The van der Waals surface area contributed by atoms with Crippen molar-refractivity contribution in [2.75, 3.05) is 19.7 Å². The van der Waals surface area contributed by atoms with Gasteiger partial charge in [0.05, 0.1) is 18.2 Å². The molecule has 1 aliphatic heterocycles. The van der Waals surface area contributed by atoms with Crippen molar-refractivity contribution in [1.82, 2.24) is 10.2 Å². The number of ether oxygens (including phenoxy) is 1. The Morgan fingerprint density at radius 1 is 1.48 bits per heavy atom. The maximum atomic E-state index is 12.3. The van der Waals surface area contributed by atoms with Crippen LogP contribution in [0.15, 0.2) is 24.3 Å². The monoisotopic (exact) mass is 320 g/mol. The second kappa shape index (κ2) is 7.68. The smallest absolute Gasteiger partial charge is 0.317 e. The highest BCUT2D eigenvalue weighted by atomic mass is 16.5. The maximum absolute atomic E-state index is 12.3. The third-order valence-electron chi connectivity index (χ3n) is 4.23. The molecule has 1 atom stereocenters. The number of carbonyl (C=O) groups is 1. The van der Waals surface area contributed by atoms with Gasteiger partial charge in [-0.25, -0.2) is 4.79 Å². The quantitative estimate of drug-likeness (QED) is 0.847. The van der Waals surface area contributed by atoms with Crippen molar-refractivity contribution in [3.05, 3.63) is 29.8 Å². The second-order valence-corrected chi connectivity index (χ2v) is 6.57. The van der Waals surface area contributed by atoms with Crippen molar-refractivity contribution >= 4 is 6.03 Å². The Morgan fingerprint density at radius 3 is 2.96 bits per heavy atom. The number of nitrogens with one attached hydrogen (secondary N) is 1. The van der Waals surface area contributed by atoms with Crippen molar-refractivity contribution < 1.29 is 14.6 Å². The molecule has 1 fully saturated rings. The molecule has 1 unspecified atom stereocenters. The molecule has 2 amide bonds. The number of hydrogen-bond acceptors (Lipinski definition) is 3. The molecule has 1 saturated heterocycles. The van der Waals surface area contributed by atoms with Crippen LogP contribution in [0.25, 0.3) is 0 Å². The topological polar surface area (TPSA) is 61.8 Å². The summed E-state index contributed by atoms with van der Waals surface area (Å²) in [6.45, 7) is 7.42. The fourth-order valence-corrected chi connectivity index (χ4v) is 3.12. The number of nitrogens with zero attached hydrogens (tertiary/aromatic N) is 1. The molecular formula is C18H28N2O3. The van der Waals surface area contributed by atoms with E-state index in [-0.39, 0.29) is 12.1 Å². The van der Waals surface area contributed by atoms with Crippen molar-refractivity contribution in [1.29, 1.82) is 0 Å². The van der Waals surface area contributed by atoms with Crippen LogP contribution in [-0.2, 0) is 6.42 Å². The first-order valence-corrected chi connectivity index (χ1v) is 8.40. The van der Waals surface area contributed by atoms with Crippen LogP contribution in [-0.4, -0.2) is 47.4 Å². The summed E-state index contributed by atoms with van der Waals surface area (Å²) >= 11 is 0. The molecule has 0 aromatic heterocycles. The Labute approximate surface area is 138 Å². The normalized spacial score (nSPS) is 18.1. The average Bonchev–Trinajstić information content (AvgIpc) is 2.97. The largest absolute Gasteiger partial charge is 0.494 e. The van der Waals surface area contributed by atoms with Gasteiger partial charge in [-0.1, -0.05) is 12.1 Å². The molecule has 2 N–H and O–H groups in total. The summed E-state index contributed by atoms with van der Waals surface area (Å²) in [5, 5.41) is 13.1. The van der Waals surface area contributed by atoms with E-state index in [1.54, 1.807) is 18.7 Å². The number of rotatable bonds is 6. The Kier molecular flexibility index (Phi) is 5.88. The third-order valence-corrected chi connectivity index (χ3v) is 4.23. The summed E-state index contributed by atoms with van der Waals surface area (Å²) in [6.07, 6.45) is 2.56. The number of likely N-dealkylation sites (tertiary alicyclic amines) is 1. The van der Waals surface area contributed by atoms with Crippen LogP contribution in [0.3, 0.4) is 0 Å². The van der Waals surface area contributed by atoms with Gasteiger partial charge in [-0.05, 0) is 57.7 Å². The molecule has 1 heterocycles. The van der Waals surface area contributed by atoms with Crippen LogP contribution in [0.5, 0.6) is 5.75 Å². The summed E-state index contributed by atoms with van der Waals surface area (Å²) in [5.74, 6) is 0.859. The summed E-state index contributed by atoms with van der Waals surface area (Å²) in [6, 6.07) is 7.74. The van der Waals surface area contributed by atoms with Gasteiger partial charge >= 0.3 is 6.03 Å². The standard InChI is InChI=1S/C18H28N2O3/c1-4-23-15-8-5-7-14(13-15)10-11-19-17(21)20-12-6-9-16(20)18(2,3)22/h5,7-8,13,16,22H,4,6,9-12H2,1-3H3,(H,19,21). The molecule has 1 aromatic carbocycles. The summed E-state index contributed by atoms with van der Waals surface area (Å²) in [5.41, 5.74) is 0.274. The molecule has 0 radical (unpaired) electrons. The van der Waals surface area contributed by atoms with Crippen molar-refractivity contribution in [3.63, 3.8) is 0 Å². The van der Waals surface area contributed by atoms with E-state index in [2.05, 4.69) is 5.32 Å². The van der Waals surface area contributed by atoms with Crippen LogP contribution < -0.4 is 10.1 Å². The molecule has 0 bridgehead atoms. The molecule has 0 aliphatic carbocycles. The first kappa shape index (κ1) is 17.6. The molecular weight excluding hydrogens is 292 g/mol. The van der Waals surface area contributed by atoms with Crippen LogP contribution in [0, 0.1) is 0 Å². The SMILES string of the molecule is CCOc1cccc(CCNC(=O)N2CCCC2C(C)(C)O)c1. The Hall–Kier alpha value is -1.75. The molecule has 2 rings (SSSR count). The zero-order valence-corrected chi connectivity index (χ0v) is 14.3. The van der Waals surface area contributed by atoms with Gasteiger partial charge in [-0.15, -0.1) is 0 Å². The lowest BCUT2D eigenvalue weighted by Crippen LogP contribution is -2.51. The van der Waals surface area contributed by atoms with Crippen LogP contribution in [0.4, 0.5) is 4.79 Å². The zero-order valence-electron chi connectivity index (χ0n) is 14.3. The van der Waals surface area contributed by atoms with Gasteiger partial charge in [-0.3, -0.25) is 0 Å². The first-order valence-electron chi connectivity index (χ1n) is 8.40. The van der Waals surface area contributed by atoms with E-state index in [9.17, 15) is 9.90 Å². The highest BCUT2D eigenvalue weighted by Crippen LogP contribution is 2.26. The van der Waals surface area contributed by atoms with Gasteiger partial charge in [0.1, 0.15) is 5.75 Å². The van der Waals surface area contributed by atoms with Gasteiger partial charge in [0.2, 0.25) is 0 Å².